The number of hydrogen-bond donors (Lipinski definition) is 1. The summed E-state index contributed by atoms with van der Waals surface area (Å²) in [6.45, 7) is 0. The number of rotatable bonds is 4. The minimum atomic E-state index is -0.699. The van der Waals surface area contributed by atoms with E-state index >= 15 is 0 Å². The minimum absolute atomic E-state index is 0.113. The van der Waals surface area contributed by atoms with Gasteiger partial charge in [0.1, 0.15) is 10.6 Å². The summed E-state index contributed by atoms with van der Waals surface area (Å²) in [6.07, 6.45) is 0. The first-order chi connectivity index (χ1) is 11.6. The molecule has 0 aliphatic heterocycles. The minimum Gasteiger partial charge on any atom is -0.354 e. The van der Waals surface area contributed by atoms with Gasteiger partial charge < -0.3 is 9.84 Å². The summed E-state index contributed by atoms with van der Waals surface area (Å²) in [4.78, 5) is 22.7. The highest BCUT2D eigenvalue weighted by Crippen LogP contribution is 2.29. The van der Waals surface area contributed by atoms with Gasteiger partial charge in [0.15, 0.2) is 11.6 Å². The zero-order chi connectivity index (χ0) is 17.1. The molecule has 24 heavy (non-hydrogen) atoms. The predicted molar refractivity (Wildman–Crippen MR) is 88.0 cm³/mol. The van der Waals surface area contributed by atoms with Crippen LogP contribution in [0.1, 0.15) is 10.4 Å². The highest BCUT2D eigenvalue weighted by molar-refractivity contribution is 6.33. The maximum Gasteiger partial charge on any atom is 0.300 e. The molecule has 1 heterocycles. The van der Waals surface area contributed by atoms with Crippen molar-refractivity contribution in [3.8, 4) is 11.3 Å². The van der Waals surface area contributed by atoms with Crippen molar-refractivity contribution in [2.75, 3.05) is 5.32 Å². The Bertz CT molecular complexity index is 909. The molecule has 0 spiro atoms. The van der Waals surface area contributed by atoms with E-state index in [0.717, 1.165) is 5.56 Å². The number of halogens is 1. The number of nitrogens with one attached hydrogen (secondary N) is 1. The van der Waals surface area contributed by atoms with Crippen LogP contribution in [0.4, 0.5) is 11.5 Å². The molecule has 0 unspecified atom stereocenters. The van der Waals surface area contributed by atoms with Crippen LogP contribution in [0.2, 0.25) is 5.02 Å². The van der Waals surface area contributed by atoms with Crippen LogP contribution >= 0.6 is 11.6 Å². The fourth-order valence-corrected chi connectivity index (χ4v) is 2.38. The molecule has 0 aliphatic carbocycles. The number of carbonyl (C=O) groups is 1. The zero-order valence-electron chi connectivity index (χ0n) is 12.1. The number of nitrogens with zero attached hydrogens (tertiary/aromatic N) is 2. The van der Waals surface area contributed by atoms with Gasteiger partial charge in [-0.15, -0.1) is 0 Å². The molecule has 1 amide bonds. The number of nitro groups is 1. The van der Waals surface area contributed by atoms with Crippen LogP contribution in [0.5, 0.6) is 0 Å². The number of amides is 1. The van der Waals surface area contributed by atoms with Gasteiger partial charge >= 0.3 is 5.69 Å². The Morgan fingerprint density at radius 3 is 2.62 bits per heavy atom. The highest BCUT2D eigenvalue weighted by atomic mass is 35.5. The lowest BCUT2D eigenvalue weighted by Crippen LogP contribution is -2.14. The number of hydrogen-bond acceptors (Lipinski definition) is 5. The van der Waals surface area contributed by atoms with E-state index in [-0.39, 0.29) is 16.4 Å². The molecular formula is C16H10ClN3O4. The van der Waals surface area contributed by atoms with Crippen LogP contribution in [-0.2, 0) is 0 Å². The summed E-state index contributed by atoms with van der Waals surface area (Å²) in [5.41, 5.74) is 0.180. The quantitative estimate of drug-likeness (QED) is 0.566. The number of aromatic nitrogens is 1. The number of carbonyl (C=O) groups excluding carboxylic acids is 1. The third-order valence-electron chi connectivity index (χ3n) is 3.22. The maximum absolute atomic E-state index is 12.3. The first-order valence-electron chi connectivity index (χ1n) is 6.82. The monoisotopic (exact) mass is 343 g/mol. The van der Waals surface area contributed by atoms with Crippen molar-refractivity contribution >= 4 is 29.0 Å². The van der Waals surface area contributed by atoms with Gasteiger partial charge in [-0.3, -0.25) is 14.9 Å². The largest absolute Gasteiger partial charge is 0.354 e. The predicted octanol–water partition coefficient (Wildman–Crippen LogP) is 4.16. The van der Waals surface area contributed by atoms with E-state index in [1.54, 1.807) is 0 Å². The Morgan fingerprint density at radius 2 is 1.92 bits per heavy atom. The number of nitro benzene ring substituents is 1. The molecule has 1 N–H and O–H groups in total. The van der Waals surface area contributed by atoms with Gasteiger partial charge in [-0.1, -0.05) is 53.2 Å². The SMILES string of the molecule is O=C(Nc1cc(-c2ccccc2)on1)c1cccc(Cl)c1[N+](=O)[O-]. The van der Waals surface area contributed by atoms with E-state index < -0.39 is 16.5 Å². The van der Waals surface area contributed by atoms with Crippen molar-refractivity contribution in [1.29, 1.82) is 0 Å². The molecule has 8 heteroatoms. The van der Waals surface area contributed by atoms with Gasteiger partial charge in [0.25, 0.3) is 5.91 Å². The molecule has 0 aliphatic rings. The Morgan fingerprint density at radius 1 is 1.17 bits per heavy atom. The van der Waals surface area contributed by atoms with Crippen molar-refractivity contribution in [2.24, 2.45) is 0 Å². The number of anilines is 1. The maximum atomic E-state index is 12.3. The van der Waals surface area contributed by atoms with Gasteiger partial charge in [-0.2, -0.15) is 0 Å². The number of benzene rings is 2. The molecule has 0 bridgehead atoms. The normalized spacial score (nSPS) is 10.4. The second-order valence-electron chi connectivity index (χ2n) is 4.79. The number of para-hydroxylation sites is 1. The standard InChI is InChI=1S/C16H10ClN3O4/c17-12-8-4-7-11(15(12)20(22)23)16(21)18-14-9-13(24-19-14)10-5-2-1-3-6-10/h1-9H,(H,18,19,21). The van der Waals surface area contributed by atoms with Crippen LogP contribution in [0.3, 0.4) is 0 Å². The van der Waals surface area contributed by atoms with Crippen LogP contribution < -0.4 is 5.32 Å². The lowest BCUT2D eigenvalue weighted by Gasteiger charge is -2.03. The summed E-state index contributed by atoms with van der Waals surface area (Å²) in [6, 6.07) is 14.9. The van der Waals surface area contributed by atoms with Gasteiger partial charge in [-0.05, 0) is 12.1 Å². The molecule has 1 aromatic heterocycles. The van der Waals surface area contributed by atoms with Crippen molar-refractivity contribution in [2.45, 2.75) is 0 Å². The van der Waals surface area contributed by atoms with Gasteiger partial charge in [-0.25, -0.2) is 0 Å². The summed E-state index contributed by atoms with van der Waals surface area (Å²) in [5.74, 6) is -0.0864. The molecule has 0 atom stereocenters. The molecule has 3 aromatic rings. The molecule has 2 aromatic carbocycles. The van der Waals surface area contributed by atoms with E-state index in [1.807, 2.05) is 30.3 Å². The van der Waals surface area contributed by atoms with Gasteiger partial charge in [0.05, 0.1) is 4.92 Å². The Balaban J connectivity index is 1.85. The van der Waals surface area contributed by atoms with E-state index in [1.165, 1.54) is 24.3 Å². The van der Waals surface area contributed by atoms with Crippen molar-refractivity contribution in [3.05, 3.63) is 75.3 Å². The third-order valence-corrected chi connectivity index (χ3v) is 3.53. The first-order valence-corrected chi connectivity index (χ1v) is 7.20. The van der Waals surface area contributed by atoms with E-state index in [4.69, 9.17) is 16.1 Å². The molecule has 0 saturated carbocycles. The van der Waals surface area contributed by atoms with Crippen molar-refractivity contribution in [1.82, 2.24) is 5.16 Å². The summed E-state index contributed by atoms with van der Waals surface area (Å²) in [7, 11) is 0. The zero-order valence-corrected chi connectivity index (χ0v) is 12.9. The second kappa shape index (κ2) is 6.51. The Kier molecular flexibility index (Phi) is 4.26. The molecule has 3 rings (SSSR count). The van der Waals surface area contributed by atoms with Crippen LogP contribution in [0, 0.1) is 10.1 Å². The summed E-state index contributed by atoms with van der Waals surface area (Å²) in [5, 5.41) is 17.2. The lowest BCUT2D eigenvalue weighted by molar-refractivity contribution is -0.385. The van der Waals surface area contributed by atoms with Crippen molar-refractivity contribution < 1.29 is 14.2 Å². The highest BCUT2D eigenvalue weighted by Gasteiger charge is 2.24. The molecule has 120 valence electrons. The van der Waals surface area contributed by atoms with E-state index in [9.17, 15) is 14.9 Å². The fourth-order valence-electron chi connectivity index (χ4n) is 2.14. The molecule has 0 saturated heterocycles. The molecule has 0 fully saturated rings. The molecule has 0 radical (unpaired) electrons. The van der Waals surface area contributed by atoms with Gasteiger partial charge in [0, 0.05) is 11.6 Å². The Hall–Kier alpha value is -3.19. The average Bonchev–Trinajstić information content (AvgIpc) is 3.03. The average molecular weight is 344 g/mol. The van der Waals surface area contributed by atoms with Crippen molar-refractivity contribution in [3.63, 3.8) is 0 Å². The smallest absolute Gasteiger partial charge is 0.300 e. The third kappa shape index (κ3) is 3.11. The molecule has 7 nitrogen and oxygen atoms in total. The Labute approximate surface area is 141 Å². The van der Waals surface area contributed by atoms with Gasteiger partial charge in [0.2, 0.25) is 0 Å². The first kappa shape index (κ1) is 15.7. The van der Waals surface area contributed by atoms with E-state index in [2.05, 4.69) is 10.5 Å². The van der Waals surface area contributed by atoms with Crippen LogP contribution in [0.25, 0.3) is 11.3 Å². The van der Waals surface area contributed by atoms with Crippen LogP contribution in [0.15, 0.2) is 59.1 Å². The van der Waals surface area contributed by atoms with E-state index in [0.29, 0.717) is 5.76 Å². The summed E-state index contributed by atoms with van der Waals surface area (Å²) < 4.78 is 5.16. The fraction of sp³-hybridized carbons (Fsp3) is 0. The molecular weight excluding hydrogens is 334 g/mol. The van der Waals surface area contributed by atoms with Crippen LogP contribution in [-0.4, -0.2) is 16.0 Å². The lowest BCUT2D eigenvalue weighted by atomic mass is 10.1. The second-order valence-corrected chi connectivity index (χ2v) is 5.20. The topological polar surface area (TPSA) is 98.3 Å². The summed E-state index contributed by atoms with van der Waals surface area (Å²) >= 11 is 5.80.